The fourth-order valence-corrected chi connectivity index (χ4v) is 3.01. The molecule has 3 heterocycles. The van der Waals surface area contributed by atoms with Gasteiger partial charge < -0.3 is 14.1 Å². The number of aromatic nitrogens is 3. The van der Waals surface area contributed by atoms with E-state index in [9.17, 15) is 0 Å². The van der Waals surface area contributed by atoms with Gasteiger partial charge in [0.25, 0.3) is 5.71 Å². The minimum atomic E-state index is -0.0291. The molecule has 0 spiro atoms. The van der Waals surface area contributed by atoms with Crippen LogP contribution >= 0.6 is 11.6 Å². The Morgan fingerprint density at radius 3 is 2.88 bits per heavy atom. The SMILES string of the molecule is CCc1nc2c(N3CCO[C@H](c4ccc(Cl)cc4)C3)ncnc2o1. The highest BCUT2D eigenvalue weighted by Crippen LogP contribution is 2.29. The van der Waals surface area contributed by atoms with Crippen LogP contribution < -0.4 is 4.90 Å². The molecule has 3 aromatic rings. The van der Waals surface area contributed by atoms with Crippen LogP contribution in [0.25, 0.3) is 11.2 Å². The molecule has 0 amide bonds. The van der Waals surface area contributed by atoms with E-state index in [1.54, 1.807) is 0 Å². The van der Waals surface area contributed by atoms with Crippen LogP contribution in [0.4, 0.5) is 5.82 Å². The molecule has 6 nitrogen and oxygen atoms in total. The predicted molar refractivity (Wildman–Crippen MR) is 91.3 cm³/mol. The maximum atomic E-state index is 5.97. The average molecular weight is 345 g/mol. The molecule has 7 heteroatoms. The second kappa shape index (κ2) is 6.37. The Morgan fingerprint density at radius 2 is 2.08 bits per heavy atom. The van der Waals surface area contributed by atoms with Crippen LogP contribution in [-0.2, 0) is 11.2 Å². The molecule has 24 heavy (non-hydrogen) atoms. The predicted octanol–water partition coefficient (Wildman–Crippen LogP) is 3.41. The van der Waals surface area contributed by atoms with Crippen molar-refractivity contribution in [3.8, 4) is 0 Å². The smallest absolute Gasteiger partial charge is 0.252 e. The molecule has 4 rings (SSSR count). The molecule has 0 saturated carbocycles. The Labute approximate surface area is 144 Å². The lowest BCUT2D eigenvalue weighted by atomic mass is 10.1. The summed E-state index contributed by atoms with van der Waals surface area (Å²) in [6.07, 6.45) is 2.22. The first-order chi connectivity index (χ1) is 11.7. The molecular formula is C17H17ClN4O2. The van der Waals surface area contributed by atoms with Crippen LogP contribution in [0, 0.1) is 0 Å². The zero-order chi connectivity index (χ0) is 16.5. The summed E-state index contributed by atoms with van der Waals surface area (Å²) in [6.45, 7) is 4.08. The van der Waals surface area contributed by atoms with Crippen LogP contribution in [0.3, 0.4) is 0 Å². The molecule has 0 N–H and O–H groups in total. The third kappa shape index (κ3) is 2.83. The monoisotopic (exact) mass is 344 g/mol. The number of hydrogen-bond donors (Lipinski definition) is 0. The topological polar surface area (TPSA) is 64.3 Å². The normalized spacial score (nSPS) is 18.2. The van der Waals surface area contributed by atoms with Gasteiger partial charge in [-0.15, -0.1) is 0 Å². The van der Waals surface area contributed by atoms with Crippen molar-refractivity contribution < 1.29 is 9.15 Å². The number of oxazole rings is 1. The highest BCUT2D eigenvalue weighted by Gasteiger charge is 2.25. The van der Waals surface area contributed by atoms with Crippen LogP contribution in [0.15, 0.2) is 35.0 Å². The fraction of sp³-hybridized carbons (Fsp3) is 0.353. The summed E-state index contributed by atoms with van der Waals surface area (Å²) >= 11 is 5.97. The number of benzene rings is 1. The van der Waals surface area contributed by atoms with Crippen molar-refractivity contribution in [3.63, 3.8) is 0 Å². The Kier molecular flexibility index (Phi) is 4.08. The Balaban J connectivity index is 1.64. The largest absolute Gasteiger partial charge is 0.422 e. The van der Waals surface area contributed by atoms with E-state index in [0.717, 1.165) is 29.4 Å². The van der Waals surface area contributed by atoms with E-state index < -0.39 is 0 Å². The fourth-order valence-electron chi connectivity index (χ4n) is 2.89. The van der Waals surface area contributed by atoms with Crippen molar-refractivity contribution in [1.82, 2.24) is 15.0 Å². The second-order valence-corrected chi connectivity index (χ2v) is 6.11. The highest BCUT2D eigenvalue weighted by atomic mass is 35.5. The standard InChI is InChI=1S/C17H17ClN4O2/c1-2-14-21-15-16(19-10-20-17(15)24-14)22-7-8-23-13(9-22)11-3-5-12(18)6-4-11/h3-6,10,13H,2,7-9H2,1H3/t13-/m0/s1. The summed E-state index contributed by atoms with van der Waals surface area (Å²) < 4.78 is 11.6. The molecule has 1 aliphatic heterocycles. The number of ether oxygens (including phenoxy) is 1. The summed E-state index contributed by atoms with van der Waals surface area (Å²) in [5.74, 6) is 1.47. The van der Waals surface area contributed by atoms with Gasteiger partial charge in [0.05, 0.1) is 6.61 Å². The maximum Gasteiger partial charge on any atom is 0.252 e. The van der Waals surface area contributed by atoms with E-state index in [0.29, 0.717) is 30.3 Å². The zero-order valence-electron chi connectivity index (χ0n) is 13.3. The lowest BCUT2D eigenvalue weighted by Crippen LogP contribution is -2.39. The lowest BCUT2D eigenvalue weighted by molar-refractivity contribution is 0.0396. The summed E-state index contributed by atoms with van der Waals surface area (Å²) in [5, 5.41) is 0.721. The highest BCUT2D eigenvalue weighted by molar-refractivity contribution is 6.30. The number of fused-ring (bicyclic) bond motifs is 1. The first kappa shape index (κ1) is 15.4. The van der Waals surface area contributed by atoms with Gasteiger partial charge in [-0.3, -0.25) is 0 Å². The van der Waals surface area contributed by atoms with E-state index in [-0.39, 0.29) is 6.10 Å². The molecule has 1 fully saturated rings. The number of anilines is 1. The molecule has 0 radical (unpaired) electrons. The van der Waals surface area contributed by atoms with Gasteiger partial charge in [0.15, 0.2) is 17.2 Å². The number of aryl methyl sites for hydroxylation is 1. The van der Waals surface area contributed by atoms with Crippen LogP contribution in [0.5, 0.6) is 0 Å². The molecule has 1 atom stereocenters. The van der Waals surface area contributed by atoms with Crippen molar-refractivity contribution in [3.05, 3.63) is 47.1 Å². The summed E-state index contributed by atoms with van der Waals surface area (Å²) in [4.78, 5) is 15.3. The minimum Gasteiger partial charge on any atom is -0.422 e. The minimum absolute atomic E-state index is 0.0291. The number of rotatable bonds is 3. The van der Waals surface area contributed by atoms with Gasteiger partial charge in [0.2, 0.25) is 0 Å². The number of hydrogen-bond acceptors (Lipinski definition) is 6. The first-order valence-corrected chi connectivity index (χ1v) is 8.35. The van der Waals surface area contributed by atoms with Crippen molar-refractivity contribution in [2.24, 2.45) is 0 Å². The molecule has 0 bridgehead atoms. The van der Waals surface area contributed by atoms with E-state index in [1.807, 2.05) is 31.2 Å². The maximum absolute atomic E-state index is 5.97. The summed E-state index contributed by atoms with van der Waals surface area (Å²) in [7, 11) is 0. The third-order valence-electron chi connectivity index (χ3n) is 4.13. The molecule has 1 aromatic carbocycles. The number of morpholine rings is 1. The summed E-state index contributed by atoms with van der Waals surface area (Å²) in [6, 6.07) is 7.76. The van der Waals surface area contributed by atoms with E-state index in [1.165, 1.54) is 6.33 Å². The van der Waals surface area contributed by atoms with Gasteiger partial charge in [-0.1, -0.05) is 30.7 Å². The van der Waals surface area contributed by atoms with Gasteiger partial charge in [-0.05, 0) is 17.7 Å². The van der Waals surface area contributed by atoms with Gasteiger partial charge in [-0.2, -0.15) is 4.98 Å². The van der Waals surface area contributed by atoms with Crippen molar-refractivity contribution in [2.75, 3.05) is 24.6 Å². The molecule has 0 unspecified atom stereocenters. The Bertz CT molecular complexity index is 849. The van der Waals surface area contributed by atoms with Crippen molar-refractivity contribution in [1.29, 1.82) is 0 Å². The van der Waals surface area contributed by atoms with Gasteiger partial charge in [0.1, 0.15) is 12.4 Å². The Hall–Kier alpha value is -2.18. The lowest BCUT2D eigenvalue weighted by Gasteiger charge is -2.33. The van der Waals surface area contributed by atoms with Gasteiger partial charge in [-0.25, -0.2) is 9.97 Å². The molecule has 1 aliphatic rings. The zero-order valence-corrected chi connectivity index (χ0v) is 14.0. The van der Waals surface area contributed by atoms with Crippen molar-refractivity contribution >= 4 is 28.6 Å². The van der Waals surface area contributed by atoms with E-state index in [4.69, 9.17) is 20.8 Å². The van der Waals surface area contributed by atoms with E-state index in [2.05, 4.69) is 19.9 Å². The van der Waals surface area contributed by atoms with Gasteiger partial charge in [0, 0.05) is 24.5 Å². The van der Waals surface area contributed by atoms with Crippen LogP contribution in [0.1, 0.15) is 24.5 Å². The number of halogens is 1. The average Bonchev–Trinajstić information content (AvgIpc) is 3.06. The molecule has 2 aromatic heterocycles. The molecule has 0 aliphatic carbocycles. The first-order valence-electron chi connectivity index (χ1n) is 7.97. The third-order valence-corrected chi connectivity index (χ3v) is 4.38. The van der Waals surface area contributed by atoms with Crippen LogP contribution in [0.2, 0.25) is 5.02 Å². The van der Waals surface area contributed by atoms with E-state index >= 15 is 0 Å². The molecule has 1 saturated heterocycles. The van der Waals surface area contributed by atoms with Crippen molar-refractivity contribution in [2.45, 2.75) is 19.4 Å². The van der Waals surface area contributed by atoms with Gasteiger partial charge >= 0.3 is 0 Å². The molecule has 124 valence electrons. The Morgan fingerprint density at radius 1 is 1.25 bits per heavy atom. The quantitative estimate of drug-likeness (QED) is 0.725. The second-order valence-electron chi connectivity index (χ2n) is 5.67. The summed E-state index contributed by atoms with van der Waals surface area (Å²) in [5.41, 5.74) is 2.35. The molecular weight excluding hydrogens is 328 g/mol. The number of nitrogens with zero attached hydrogens (tertiary/aromatic N) is 4. The van der Waals surface area contributed by atoms with Crippen LogP contribution in [-0.4, -0.2) is 34.6 Å².